The van der Waals surface area contributed by atoms with E-state index in [2.05, 4.69) is 339 Å². The molecule has 0 saturated carbocycles. The first-order valence-electron chi connectivity index (χ1n) is 5.87. The summed E-state index contributed by atoms with van der Waals surface area (Å²) in [6.45, 7) is 0. The molecule has 0 spiro atoms. The molecule has 152 valence electrons. The van der Waals surface area contributed by atoms with Crippen molar-refractivity contribution in [2.24, 2.45) is 5.92 Å². The second-order valence-corrected chi connectivity index (χ2v) is 55.5. The summed E-state index contributed by atoms with van der Waals surface area (Å²) in [5.74, 6) is 0.674. The maximum absolute atomic E-state index is 2.69. The summed E-state index contributed by atoms with van der Waals surface area (Å²) in [4.78, 5) is 0. The van der Waals surface area contributed by atoms with E-state index in [0.717, 1.165) is 0 Å². The fourth-order valence-electron chi connectivity index (χ4n) is 1.65. The third kappa shape index (κ3) is 13.5. The van der Waals surface area contributed by atoms with Crippen LogP contribution in [0.4, 0.5) is 0 Å². The second-order valence-electron chi connectivity index (χ2n) is 5.09. The Morgan fingerprint density at radius 1 is 0.360 bits per heavy atom. The smallest absolute Gasteiger partial charge is 0.0640 e. The van der Waals surface area contributed by atoms with Crippen LogP contribution in [0, 0.1) is 5.92 Å². The SMILES string of the molecule is IC(I)(I)C(I)(I)CC(CC(I)(I)C(I)(I)I)CC(I)(I)C(I)(I)I. The van der Waals surface area contributed by atoms with Gasteiger partial charge in [-0.25, -0.2) is 0 Å². The predicted octanol–water partition coefficient (Wildman–Crippen LogP) is 13.3. The fraction of sp³-hybridized carbons (Fsp3) is 1.00. The van der Waals surface area contributed by atoms with Crippen molar-refractivity contribution in [1.82, 2.24) is 0 Å². The molecule has 0 radical (unpaired) electrons. The third-order valence-electron chi connectivity index (χ3n) is 2.88. The normalized spacial score (nSPS) is 15.8. The van der Waals surface area contributed by atoms with Crippen molar-refractivity contribution < 1.29 is 0 Å². The van der Waals surface area contributed by atoms with Crippen LogP contribution in [0.1, 0.15) is 19.3 Å². The molecular weight excluding hydrogens is 2020 g/mol. The Morgan fingerprint density at radius 3 is 0.640 bits per heavy atom. The Balaban J connectivity index is 5.70. The minimum atomic E-state index is 0.199. The van der Waals surface area contributed by atoms with Crippen LogP contribution in [0.15, 0.2) is 0 Å². The number of alkyl halides is 15. The average molecular weight is 2030 g/mol. The van der Waals surface area contributed by atoms with E-state index in [1.807, 2.05) is 0 Å². The van der Waals surface area contributed by atoms with Gasteiger partial charge in [-0.15, -0.1) is 0 Å². The maximum atomic E-state index is 2.69. The lowest BCUT2D eigenvalue weighted by Gasteiger charge is -2.41. The van der Waals surface area contributed by atoms with E-state index in [9.17, 15) is 0 Å². The molecule has 0 aliphatic heterocycles. The van der Waals surface area contributed by atoms with Crippen molar-refractivity contribution in [3.63, 3.8) is 0 Å². The molecule has 0 atom stereocenters. The Labute approximate surface area is 355 Å². The number of rotatable bonds is 9. The lowest BCUT2D eigenvalue weighted by molar-refractivity contribution is 0.421. The van der Waals surface area contributed by atoms with Gasteiger partial charge < -0.3 is 0 Å². The summed E-state index contributed by atoms with van der Waals surface area (Å²) >= 11 is 39.5. The number of halogens is 15. The molecule has 0 amide bonds. The van der Waals surface area contributed by atoms with E-state index in [1.54, 1.807) is 0 Å². The minimum Gasteiger partial charge on any atom is -0.0640 e. The van der Waals surface area contributed by atoms with Crippen molar-refractivity contribution in [2.45, 2.75) is 21.9 Å². The third-order valence-corrected chi connectivity index (χ3v) is 37.2. The molecule has 0 unspecified atom stereocenters. The average Bonchev–Trinajstić information content (AvgIpc) is 2.21. The van der Waals surface area contributed by atoms with Gasteiger partial charge in [0.1, 0.15) is 2.59 Å². The van der Waals surface area contributed by atoms with Crippen molar-refractivity contribution in [3.8, 4) is 0 Å². The highest BCUT2D eigenvalue weighted by Crippen LogP contribution is 2.64. The maximum Gasteiger partial charge on any atom is 0.147 e. The van der Waals surface area contributed by atoms with Gasteiger partial charge in [0, 0.05) is 0 Å². The highest BCUT2D eigenvalue weighted by atomic mass is 127. The van der Waals surface area contributed by atoms with E-state index in [-0.39, 0.29) is 2.59 Å². The zero-order chi connectivity index (χ0) is 20.7. The highest BCUT2D eigenvalue weighted by molar-refractivity contribution is 14.3. The zero-order valence-corrected chi connectivity index (χ0v) is 43.7. The van der Waals surface area contributed by atoms with Gasteiger partial charge in [0.15, 0.2) is 0 Å². The van der Waals surface area contributed by atoms with Gasteiger partial charge in [-0.2, -0.15) is 0 Å². The molecule has 0 aromatic heterocycles. The molecule has 0 aromatic rings. The topological polar surface area (TPSA) is 0 Å². The minimum absolute atomic E-state index is 0.199. The van der Waals surface area contributed by atoms with Crippen molar-refractivity contribution in [3.05, 3.63) is 0 Å². The van der Waals surface area contributed by atoms with E-state index in [0.29, 0.717) is 5.92 Å². The summed E-state index contributed by atoms with van der Waals surface area (Å²) in [7, 11) is 0. The van der Waals surface area contributed by atoms with Gasteiger partial charge in [-0.1, -0.05) is 339 Å². The summed E-state index contributed by atoms with van der Waals surface area (Å²) in [5.41, 5.74) is 0. The molecule has 25 heavy (non-hydrogen) atoms. The molecule has 0 fully saturated rings. The Hall–Kier alpha value is 11.0. The fourth-order valence-corrected chi connectivity index (χ4v) is 7.37. The number of hydrogen-bond acceptors (Lipinski definition) is 0. The summed E-state index contributed by atoms with van der Waals surface area (Å²) in [6.07, 6.45) is 3.68. The highest BCUT2D eigenvalue weighted by Gasteiger charge is 2.51. The van der Waals surface area contributed by atoms with Gasteiger partial charge in [-0.05, 0) is 25.2 Å². The molecule has 0 heterocycles. The van der Waals surface area contributed by atoms with Crippen LogP contribution in [0.3, 0.4) is 0 Å². The quantitative estimate of drug-likeness (QED) is 0.159. The first kappa shape index (κ1) is 35.9. The first-order chi connectivity index (χ1) is 10.5. The second kappa shape index (κ2) is 14.4. The zero-order valence-electron chi connectivity index (χ0n) is 11.4. The molecule has 15 heteroatoms. The molecule has 0 saturated heterocycles. The molecule has 0 aliphatic rings. The van der Waals surface area contributed by atoms with E-state index < -0.39 is 0 Å². The molecule has 0 nitrogen and oxygen atoms in total. The van der Waals surface area contributed by atoms with Gasteiger partial charge in [0.25, 0.3) is 0 Å². The van der Waals surface area contributed by atoms with Crippen molar-refractivity contribution in [2.75, 3.05) is 0 Å². The van der Waals surface area contributed by atoms with Gasteiger partial charge >= 0.3 is 0 Å². The van der Waals surface area contributed by atoms with E-state index >= 15 is 0 Å². The summed E-state index contributed by atoms with van der Waals surface area (Å²) in [5, 5.41) is 0. The lowest BCUT2D eigenvalue weighted by Crippen LogP contribution is -2.39. The van der Waals surface area contributed by atoms with Gasteiger partial charge in [0.2, 0.25) is 0 Å². The van der Waals surface area contributed by atoms with Crippen LogP contribution in [0.5, 0.6) is 0 Å². The van der Waals surface area contributed by atoms with Crippen molar-refractivity contribution >= 4 is 339 Å². The summed E-state index contributed by atoms with van der Waals surface area (Å²) < 4.78 is 1.25. The van der Waals surface area contributed by atoms with Gasteiger partial charge in [0.05, 0.1) is 0 Å². The first-order valence-corrected chi connectivity index (χ1v) is 22.1. The molecule has 0 N–H and O–H groups in total. The molecular formula is C10H7I15. The Bertz CT molecular complexity index is 370. The van der Waals surface area contributed by atoms with Gasteiger partial charge in [-0.3, -0.25) is 0 Å². The number of hydrogen-bond donors (Lipinski definition) is 0. The Morgan fingerprint density at radius 2 is 0.520 bits per heavy atom. The van der Waals surface area contributed by atoms with Crippen LogP contribution in [0.25, 0.3) is 0 Å². The van der Waals surface area contributed by atoms with E-state index in [4.69, 9.17) is 0 Å². The van der Waals surface area contributed by atoms with Crippen LogP contribution < -0.4 is 0 Å². The standard InChI is InChI=1S/C10H7I15/c11-5(12,8(17,18)19)1-4(2-6(13,14)9(20,21)22)3-7(15,16)10(23,24)25/h4H,1-3H2. The van der Waals surface area contributed by atoms with Crippen LogP contribution in [-0.2, 0) is 0 Å². The largest absolute Gasteiger partial charge is 0.147 e. The predicted molar refractivity (Wildman–Crippen MR) is 244 cm³/mol. The molecule has 0 rings (SSSR count). The Kier molecular flexibility index (Phi) is 20.7. The molecule has 0 aromatic carbocycles. The van der Waals surface area contributed by atoms with Crippen LogP contribution >= 0.6 is 339 Å². The lowest BCUT2D eigenvalue weighted by atomic mass is 9.93. The molecule has 0 aliphatic carbocycles. The van der Waals surface area contributed by atoms with E-state index in [1.165, 1.54) is 19.3 Å². The summed E-state index contributed by atoms with van der Waals surface area (Å²) in [6, 6.07) is 0. The molecule has 0 bridgehead atoms. The van der Waals surface area contributed by atoms with Crippen LogP contribution in [-0.4, -0.2) is 2.59 Å². The van der Waals surface area contributed by atoms with Crippen molar-refractivity contribution in [1.29, 1.82) is 0 Å². The monoisotopic (exact) mass is 2030 g/mol. The van der Waals surface area contributed by atoms with Crippen LogP contribution in [0.2, 0.25) is 0 Å².